The zero-order chi connectivity index (χ0) is 31.8. The van der Waals surface area contributed by atoms with E-state index in [1.54, 1.807) is 28.4 Å². The van der Waals surface area contributed by atoms with Crippen molar-refractivity contribution < 1.29 is 23.7 Å². The molecule has 0 unspecified atom stereocenters. The van der Waals surface area contributed by atoms with Crippen LogP contribution in [-0.4, -0.2) is 44.3 Å². The van der Waals surface area contributed by atoms with Gasteiger partial charge in [0.1, 0.15) is 28.8 Å². The quantitative estimate of drug-likeness (QED) is 0.126. The molecule has 0 saturated heterocycles. The fraction of sp³-hybridized carbons (Fsp3) is 0.171. The fourth-order valence-electron chi connectivity index (χ4n) is 4.84. The molecule has 0 spiro atoms. The summed E-state index contributed by atoms with van der Waals surface area (Å²) in [6.45, 7) is 4.41. The van der Waals surface area contributed by atoms with E-state index in [0.717, 1.165) is 33.2 Å². The molecule has 0 saturated carbocycles. The lowest BCUT2D eigenvalue weighted by molar-refractivity contribution is -0.111. The number of ether oxygens (including phenoxy) is 4. The van der Waals surface area contributed by atoms with Gasteiger partial charge in [-0.3, -0.25) is 4.79 Å². The highest BCUT2D eigenvalue weighted by atomic mass is 16.5. The van der Waals surface area contributed by atoms with Gasteiger partial charge in [0, 0.05) is 47.4 Å². The van der Waals surface area contributed by atoms with Crippen molar-refractivity contribution in [2.75, 3.05) is 44.4 Å². The van der Waals surface area contributed by atoms with Crippen molar-refractivity contribution in [1.82, 2.24) is 9.97 Å². The molecule has 5 aromatic rings. The molecule has 3 N–H and O–H groups in total. The Morgan fingerprint density at radius 2 is 1.38 bits per heavy atom. The molecule has 0 fully saturated rings. The molecular weight excluding hydrogens is 570 g/mol. The number of methoxy groups -OCH3 is 4. The summed E-state index contributed by atoms with van der Waals surface area (Å²) in [5.41, 5.74) is 5.15. The maximum atomic E-state index is 11.9. The summed E-state index contributed by atoms with van der Waals surface area (Å²) in [6.07, 6.45) is 1.24. The number of nitrogens with one attached hydrogen (secondary N) is 3. The van der Waals surface area contributed by atoms with E-state index in [4.69, 9.17) is 28.9 Å². The van der Waals surface area contributed by atoms with E-state index in [1.807, 2.05) is 78.9 Å². The maximum Gasteiger partial charge on any atom is 0.247 e. The second kappa shape index (κ2) is 14.1. The number of carbonyl (C=O) groups is 1. The molecule has 1 aromatic heterocycles. The van der Waals surface area contributed by atoms with Gasteiger partial charge in [0.15, 0.2) is 0 Å². The van der Waals surface area contributed by atoms with Crippen molar-refractivity contribution in [2.24, 2.45) is 0 Å². The second-order valence-electron chi connectivity index (χ2n) is 9.96. The maximum absolute atomic E-state index is 11.9. The lowest BCUT2D eigenvalue weighted by Crippen LogP contribution is -2.09. The Balaban J connectivity index is 1.50. The van der Waals surface area contributed by atoms with Gasteiger partial charge in [-0.15, -0.1) is 0 Å². The third-order valence-corrected chi connectivity index (χ3v) is 7.22. The monoisotopic (exact) mass is 605 g/mol. The molecule has 10 nitrogen and oxygen atoms in total. The Hall–Kier alpha value is -5.77. The molecule has 10 heteroatoms. The number of anilines is 3. The summed E-state index contributed by atoms with van der Waals surface area (Å²) < 4.78 is 21.9. The minimum atomic E-state index is -0.271. The SMILES string of the molecule is C=CC(=O)Nc1cccc(-c2ccc3nc(NCc4ccc(OC)cc4OC)nc(NCc4ccc(OC)cc4OC)c3c2)c1. The van der Waals surface area contributed by atoms with Crippen molar-refractivity contribution in [2.45, 2.75) is 13.1 Å². The van der Waals surface area contributed by atoms with E-state index < -0.39 is 0 Å². The summed E-state index contributed by atoms with van der Waals surface area (Å²) >= 11 is 0. The molecule has 0 radical (unpaired) electrons. The summed E-state index contributed by atoms with van der Waals surface area (Å²) in [6, 6.07) is 25.0. The van der Waals surface area contributed by atoms with Gasteiger partial charge in [0.2, 0.25) is 11.9 Å². The number of amides is 1. The minimum absolute atomic E-state index is 0.271. The molecule has 0 aliphatic rings. The molecular formula is C35H35N5O5. The molecule has 4 aromatic carbocycles. The van der Waals surface area contributed by atoms with Crippen LogP contribution in [0.15, 0.2) is 91.5 Å². The van der Waals surface area contributed by atoms with Crippen molar-refractivity contribution in [3.8, 4) is 34.1 Å². The third kappa shape index (κ3) is 7.24. The Bertz CT molecular complexity index is 1840. The van der Waals surface area contributed by atoms with Crippen LogP contribution in [0.25, 0.3) is 22.0 Å². The highest BCUT2D eigenvalue weighted by Gasteiger charge is 2.13. The van der Waals surface area contributed by atoms with Crippen LogP contribution in [0.4, 0.5) is 17.5 Å². The number of hydrogen-bond acceptors (Lipinski definition) is 9. The van der Waals surface area contributed by atoms with Crippen LogP contribution in [0.3, 0.4) is 0 Å². The molecule has 0 aliphatic carbocycles. The minimum Gasteiger partial charge on any atom is -0.497 e. The van der Waals surface area contributed by atoms with Crippen LogP contribution in [0.5, 0.6) is 23.0 Å². The van der Waals surface area contributed by atoms with Gasteiger partial charge in [0.25, 0.3) is 0 Å². The van der Waals surface area contributed by atoms with Gasteiger partial charge in [-0.05, 0) is 65.7 Å². The average molecular weight is 606 g/mol. The van der Waals surface area contributed by atoms with Crippen LogP contribution in [-0.2, 0) is 17.9 Å². The lowest BCUT2D eigenvalue weighted by atomic mass is 10.0. The number of carbonyl (C=O) groups excluding carboxylic acids is 1. The van der Waals surface area contributed by atoms with Crippen molar-refractivity contribution in [3.63, 3.8) is 0 Å². The van der Waals surface area contributed by atoms with Crippen LogP contribution < -0.4 is 34.9 Å². The first-order valence-corrected chi connectivity index (χ1v) is 14.2. The summed E-state index contributed by atoms with van der Waals surface area (Å²) in [5.74, 6) is 3.63. The molecule has 5 rings (SSSR count). The highest BCUT2D eigenvalue weighted by molar-refractivity contribution is 5.99. The Morgan fingerprint density at radius 3 is 2.00 bits per heavy atom. The molecule has 45 heavy (non-hydrogen) atoms. The molecule has 0 bridgehead atoms. The van der Waals surface area contributed by atoms with E-state index in [-0.39, 0.29) is 5.91 Å². The highest BCUT2D eigenvalue weighted by Crippen LogP contribution is 2.32. The van der Waals surface area contributed by atoms with Crippen molar-refractivity contribution in [3.05, 3.63) is 103 Å². The lowest BCUT2D eigenvalue weighted by Gasteiger charge is -2.16. The van der Waals surface area contributed by atoms with Crippen LogP contribution in [0.1, 0.15) is 11.1 Å². The predicted molar refractivity (Wildman–Crippen MR) is 178 cm³/mol. The van der Waals surface area contributed by atoms with Gasteiger partial charge >= 0.3 is 0 Å². The Labute approximate surface area is 262 Å². The number of hydrogen-bond donors (Lipinski definition) is 3. The van der Waals surface area contributed by atoms with Crippen LogP contribution in [0.2, 0.25) is 0 Å². The van der Waals surface area contributed by atoms with E-state index in [0.29, 0.717) is 53.5 Å². The molecule has 0 atom stereocenters. The second-order valence-corrected chi connectivity index (χ2v) is 9.96. The molecule has 1 amide bonds. The van der Waals surface area contributed by atoms with Gasteiger partial charge in [-0.25, -0.2) is 4.98 Å². The first kappa shape index (κ1) is 30.7. The normalized spacial score (nSPS) is 10.6. The molecule has 230 valence electrons. The zero-order valence-electron chi connectivity index (χ0n) is 25.6. The average Bonchev–Trinajstić information content (AvgIpc) is 3.09. The number of aromatic nitrogens is 2. The number of fused-ring (bicyclic) bond motifs is 1. The van der Waals surface area contributed by atoms with Crippen LogP contribution in [0, 0.1) is 0 Å². The van der Waals surface area contributed by atoms with Gasteiger partial charge in [-0.2, -0.15) is 4.98 Å². The first-order valence-electron chi connectivity index (χ1n) is 14.2. The standard InChI is InChI=1S/C35H35N5O5/c1-6-33(41)38-26-9-7-8-22(16-26)23-12-15-30-29(17-23)34(36-20-24-10-13-27(42-2)18-31(24)44-4)40-35(39-30)37-21-25-11-14-28(43-3)19-32(25)45-5/h6-19H,1,20-21H2,2-5H3,(H,38,41)(H2,36,37,39,40). The van der Waals surface area contributed by atoms with Crippen molar-refractivity contribution >= 4 is 34.3 Å². The Kier molecular flexibility index (Phi) is 9.64. The van der Waals surface area contributed by atoms with Gasteiger partial charge < -0.3 is 34.9 Å². The van der Waals surface area contributed by atoms with E-state index in [9.17, 15) is 4.79 Å². The van der Waals surface area contributed by atoms with E-state index >= 15 is 0 Å². The Morgan fingerprint density at radius 1 is 0.733 bits per heavy atom. The number of benzene rings is 4. The number of nitrogens with zero attached hydrogens (tertiary/aromatic N) is 2. The third-order valence-electron chi connectivity index (χ3n) is 7.22. The molecule has 0 aliphatic heterocycles. The summed E-state index contributed by atoms with van der Waals surface area (Å²) in [5, 5.41) is 10.5. The van der Waals surface area contributed by atoms with E-state index in [2.05, 4.69) is 22.5 Å². The fourth-order valence-corrected chi connectivity index (χ4v) is 4.84. The van der Waals surface area contributed by atoms with Crippen LogP contribution >= 0.6 is 0 Å². The first-order chi connectivity index (χ1) is 21.9. The summed E-state index contributed by atoms with van der Waals surface area (Å²) in [7, 11) is 6.50. The zero-order valence-corrected chi connectivity index (χ0v) is 25.6. The van der Waals surface area contributed by atoms with E-state index in [1.165, 1.54) is 6.08 Å². The van der Waals surface area contributed by atoms with Crippen molar-refractivity contribution in [1.29, 1.82) is 0 Å². The van der Waals surface area contributed by atoms with Gasteiger partial charge in [0.05, 0.1) is 34.0 Å². The topological polar surface area (TPSA) is 116 Å². The molecule has 1 heterocycles. The van der Waals surface area contributed by atoms with Gasteiger partial charge in [-0.1, -0.05) is 24.8 Å². The summed E-state index contributed by atoms with van der Waals surface area (Å²) in [4.78, 5) is 21.6. The smallest absolute Gasteiger partial charge is 0.247 e. The predicted octanol–water partition coefficient (Wildman–Crippen LogP) is 6.68. The largest absolute Gasteiger partial charge is 0.497 e. The number of rotatable bonds is 13.